The first-order chi connectivity index (χ1) is 11.2. The topological polar surface area (TPSA) is 113 Å². The van der Waals surface area contributed by atoms with Gasteiger partial charge in [0.2, 0.25) is 11.8 Å². The normalized spacial score (nSPS) is 13.0. The lowest BCUT2D eigenvalue weighted by Gasteiger charge is -2.22. The number of primary amides is 1. The highest BCUT2D eigenvalue weighted by Crippen LogP contribution is 2.14. The number of hydrogen-bond donors (Lipinski definition) is 4. The van der Waals surface area contributed by atoms with Gasteiger partial charge < -0.3 is 21.7 Å². The zero-order valence-electron chi connectivity index (χ0n) is 13.9. The molecule has 0 aliphatic heterocycles. The summed E-state index contributed by atoms with van der Waals surface area (Å²) in [5.74, 6) is -0.899. The van der Waals surface area contributed by atoms with Gasteiger partial charge >= 0.3 is 6.03 Å². The van der Waals surface area contributed by atoms with Crippen LogP contribution >= 0.6 is 15.9 Å². The van der Waals surface area contributed by atoms with Crippen molar-refractivity contribution in [2.24, 2.45) is 11.7 Å². The molecule has 1 aromatic carbocycles. The molecule has 24 heavy (non-hydrogen) atoms. The van der Waals surface area contributed by atoms with E-state index in [1.807, 2.05) is 13.8 Å². The van der Waals surface area contributed by atoms with Gasteiger partial charge in [-0.25, -0.2) is 4.79 Å². The number of amides is 4. The number of hydrogen-bond acceptors (Lipinski definition) is 3. The Morgan fingerprint density at radius 1 is 1.08 bits per heavy atom. The van der Waals surface area contributed by atoms with Gasteiger partial charge in [-0.1, -0.05) is 29.8 Å². The summed E-state index contributed by atoms with van der Waals surface area (Å²) < 4.78 is 0.894. The molecule has 0 bridgehead atoms. The van der Waals surface area contributed by atoms with E-state index in [-0.39, 0.29) is 5.92 Å². The lowest BCUT2D eigenvalue weighted by Crippen LogP contribution is -2.53. The van der Waals surface area contributed by atoms with Crippen molar-refractivity contribution in [3.8, 4) is 0 Å². The first-order valence-electron chi connectivity index (χ1n) is 7.61. The van der Waals surface area contributed by atoms with Gasteiger partial charge in [0.05, 0.1) is 0 Å². The molecule has 0 saturated carbocycles. The number of urea groups is 1. The van der Waals surface area contributed by atoms with Crippen molar-refractivity contribution in [3.05, 3.63) is 28.7 Å². The molecule has 132 valence electrons. The molecule has 2 atom stereocenters. The Kier molecular flexibility index (Phi) is 7.70. The van der Waals surface area contributed by atoms with Gasteiger partial charge in [-0.2, -0.15) is 0 Å². The van der Waals surface area contributed by atoms with Crippen molar-refractivity contribution < 1.29 is 14.4 Å². The van der Waals surface area contributed by atoms with E-state index in [1.54, 1.807) is 24.3 Å². The molecule has 0 fully saturated rings. The third-order valence-corrected chi connectivity index (χ3v) is 3.75. The van der Waals surface area contributed by atoms with Crippen LogP contribution in [0.1, 0.15) is 27.2 Å². The maximum atomic E-state index is 12.3. The number of nitrogens with two attached hydrogens (primary N) is 1. The highest BCUT2D eigenvalue weighted by atomic mass is 79.9. The molecule has 5 N–H and O–H groups in total. The van der Waals surface area contributed by atoms with Crippen LogP contribution in [-0.4, -0.2) is 29.9 Å². The lowest BCUT2D eigenvalue weighted by atomic mass is 10.0. The molecular formula is C16H23BrN4O3. The highest BCUT2D eigenvalue weighted by Gasteiger charge is 2.24. The number of carbonyl (C=O) groups excluding carboxylic acids is 3. The molecule has 0 aliphatic carbocycles. The first-order valence-corrected chi connectivity index (χ1v) is 8.41. The average molecular weight is 399 g/mol. The Hall–Kier alpha value is -2.09. The molecule has 1 rings (SSSR count). The molecule has 0 aliphatic rings. The zero-order valence-corrected chi connectivity index (χ0v) is 15.5. The fourth-order valence-electron chi connectivity index (χ4n) is 1.95. The summed E-state index contributed by atoms with van der Waals surface area (Å²) in [6, 6.07) is 4.99. The van der Waals surface area contributed by atoms with E-state index in [9.17, 15) is 14.4 Å². The van der Waals surface area contributed by atoms with Crippen LogP contribution < -0.4 is 21.7 Å². The Morgan fingerprint density at radius 2 is 1.67 bits per heavy atom. The predicted molar refractivity (Wildman–Crippen MR) is 96.3 cm³/mol. The van der Waals surface area contributed by atoms with Crippen LogP contribution in [0.3, 0.4) is 0 Å². The molecule has 0 heterocycles. The monoisotopic (exact) mass is 398 g/mol. The Labute approximate surface area is 149 Å². The Balaban J connectivity index is 2.70. The molecule has 4 amide bonds. The first kappa shape index (κ1) is 20.0. The van der Waals surface area contributed by atoms with Crippen LogP contribution in [0.5, 0.6) is 0 Å². The van der Waals surface area contributed by atoms with Crippen molar-refractivity contribution in [1.82, 2.24) is 10.6 Å². The minimum absolute atomic E-state index is 0.178. The van der Waals surface area contributed by atoms with Crippen molar-refractivity contribution in [2.45, 2.75) is 39.3 Å². The van der Waals surface area contributed by atoms with Crippen LogP contribution in [0, 0.1) is 5.92 Å². The van der Waals surface area contributed by atoms with E-state index in [4.69, 9.17) is 5.73 Å². The van der Waals surface area contributed by atoms with E-state index in [2.05, 4.69) is 31.9 Å². The standard InChI is InChI=1S/C16H23BrN4O3/c1-9(2)8-13(15(23)19-10(3)14(18)22)21-16(24)20-12-6-4-11(17)5-7-12/h4-7,9-10,13H,8H2,1-3H3,(H2,18,22)(H,19,23)(H2,20,21,24). The van der Waals surface area contributed by atoms with Gasteiger partial charge in [-0.05, 0) is 43.5 Å². The summed E-state index contributed by atoms with van der Waals surface area (Å²) in [6.07, 6.45) is 0.436. The third kappa shape index (κ3) is 6.99. The molecule has 0 saturated heterocycles. The molecule has 8 heteroatoms. The quantitative estimate of drug-likeness (QED) is 0.562. The molecular weight excluding hydrogens is 376 g/mol. The summed E-state index contributed by atoms with van der Waals surface area (Å²) in [7, 11) is 0. The minimum atomic E-state index is -0.802. The van der Waals surface area contributed by atoms with Gasteiger partial charge in [0, 0.05) is 10.2 Å². The molecule has 0 aromatic heterocycles. The predicted octanol–water partition coefficient (Wildman–Crippen LogP) is 1.98. The molecule has 0 spiro atoms. The van der Waals surface area contributed by atoms with E-state index < -0.39 is 29.9 Å². The Bertz CT molecular complexity index is 589. The molecule has 2 unspecified atom stereocenters. The summed E-state index contributed by atoms with van der Waals surface area (Å²) in [5, 5.41) is 7.79. The van der Waals surface area contributed by atoms with Gasteiger partial charge in [0.25, 0.3) is 0 Å². The molecule has 7 nitrogen and oxygen atoms in total. The summed E-state index contributed by atoms with van der Waals surface area (Å²) >= 11 is 3.31. The van der Waals surface area contributed by atoms with E-state index in [0.29, 0.717) is 12.1 Å². The second kappa shape index (κ2) is 9.27. The minimum Gasteiger partial charge on any atom is -0.368 e. The third-order valence-electron chi connectivity index (χ3n) is 3.22. The number of halogens is 1. The Morgan fingerprint density at radius 3 is 2.17 bits per heavy atom. The lowest BCUT2D eigenvalue weighted by molar-refractivity contribution is -0.128. The summed E-state index contributed by atoms with van der Waals surface area (Å²) in [5.41, 5.74) is 5.75. The fraction of sp³-hybridized carbons (Fsp3) is 0.438. The van der Waals surface area contributed by atoms with Gasteiger partial charge in [-0.3, -0.25) is 9.59 Å². The molecule has 1 aromatic rings. The van der Waals surface area contributed by atoms with Crippen LogP contribution in [0.2, 0.25) is 0 Å². The van der Waals surface area contributed by atoms with Gasteiger partial charge in [0.15, 0.2) is 0 Å². The van der Waals surface area contributed by atoms with Gasteiger partial charge in [0.1, 0.15) is 12.1 Å². The van der Waals surface area contributed by atoms with E-state index in [1.165, 1.54) is 6.92 Å². The number of rotatable bonds is 7. The smallest absolute Gasteiger partial charge is 0.319 e. The highest BCUT2D eigenvalue weighted by molar-refractivity contribution is 9.10. The number of carbonyl (C=O) groups is 3. The SMILES string of the molecule is CC(C)CC(NC(=O)Nc1ccc(Br)cc1)C(=O)NC(C)C(N)=O. The van der Waals surface area contributed by atoms with Crippen molar-refractivity contribution in [2.75, 3.05) is 5.32 Å². The van der Waals surface area contributed by atoms with Crippen LogP contribution in [0.25, 0.3) is 0 Å². The second-order valence-electron chi connectivity index (χ2n) is 5.92. The van der Waals surface area contributed by atoms with Crippen LogP contribution in [-0.2, 0) is 9.59 Å². The summed E-state index contributed by atoms with van der Waals surface area (Å²) in [4.78, 5) is 35.4. The number of nitrogens with one attached hydrogen (secondary N) is 3. The maximum absolute atomic E-state index is 12.3. The summed E-state index contributed by atoms with van der Waals surface area (Å²) in [6.45, 7) is 5.37. The number of anilines is 1. The average Bonchev–Trinajstić information content (AvgIpc) is 2.48. The zero-order chi connectivity index (χ0) is 18.3. The second-order valence-corrected chi connectivity index (χ2v) is 6.84. The van der Waals surface area contributed by atoms with E-state index >= 15 is 0 Å². The van der Waals surface area contributed by atoms with Crippen LogP contribution in [0.15, 0.2) is 28.7 Å². The number of benzene rings is 1. The van der Waals surface area contributed by atoms with Gasteiger partial charge in [-0.15, -0.1) is 0 Å². The van der Waals surface area contributed by atoms with Crippen molar-refractivity contribution in [3.63, 3.8) is 0 Å². The largest absolute Gasteiger partial charge is 0.368 e. The molecule has 0 radical (unpaired) electrons. The maximum Gasteiger partial charge on any atom is 0.319 e. The van der Waals surface area contributed by atoms with Crippen molar-refractivity contribution >= 4 is 39.5 Å². The van der Waals surface area contributed by atoms with Crippen LogP contribution in [0.4, 0.5) is 10.5 Å². The van der Waals surface area contributed by atoms with E-state index in [0.717, 1.165) is 4.47 Å². The fourth-order valence-corrected chi connectivity index (χ4v) is 2.21. The van der Waals surface area contributed by atoms with Crippen molar-refractivity contribution in [1.29, 1.82) is 0 Å².